The van der Waals surface area contributed by atoms with E-state index < -0.39 is 0 Å². The van der Waals surface area contributed by atoms with Crippen LogP contribution in [0.3, 0.4) is 0 Å². The molecule has 1 aromatic heterocycles. The summed E-state index contributed by atoms with van der Waals surface area (Å²) in [4.78, 5) is 18.8. The lowest BCUT2D eigenvalue weighted by atomic mass is 9.90. The van der Waals surface area contributed by atoms with Gasteiger partial charge in [-0.1, -0.05) is 48.5 Å². The molecule has 2 aromatic carbocycles. The molecule has 0 spiro atoms. The molecule has 1 amide bonds. The molecule has 3 heteroatoms. The van der Waals surface area contributed by atoms with Gasteiger partial charge in [0.05, 0.1) is 0 Å². The summed E-state index contributed by atoms with van der Waals surface area (Å²) in [5.41, 5.74) is 3.26. The van der Waals surface area contributed by atoms with Crippen molar-refractivity contribution in [3.63, 3.8) is 0 Å². The molecular formula is C21H20N2O. The third kappa shape index (κ3) is 2.78. The summed E-state index contributed by atoms with van der Waals surface area (Å²) in [5, 5.41) is 2.13. The molecule has 2 heterocycles. The van der Waals surface area contributed by atoms with Gasteiger partial charge in [-0.25, -0.2) is 0 Å². The quantitative estimate of drug-likeness (QED) is 0.735. The number of likely N-dealkylation sites (tertiary alicyclic amines) is 1. The second-order valence-electron chi connectivity index (χ2n) is 6.62. The van der Waals surface area contributed by atoms with Crippen LogP contribution in [-0.4, -0.2) is 28.9 Å². The first-order chi connectivity index (χ1) is 11.7. The number of carbonyl (C=O) groups is 1. The van der Waals surface area contributed by atoms with Gasteiger partial charge in [-0.3, -0.25) is 9.78 Å². The summed E-state index contributed by atoms with van der Waals surface area (Å²) in [6.07, 6.45) is 2.83. The number of carbonyl (C=O) groups excluding carboxylic acids is 1. The van der Waals surface area contributed by atoms with E-state index in [4.69, 9.17) is 0 Å². The molecule has 0 atom stereocenters. The molecule has 1 aliphatic heterocycles. The summed E-state index contributed by atoms with van der Waals surface area (Å²) in [6.45, 7) is 3.79. The third-order valence-electron chi connectivity index (χ3n) is 4.86. The maximum atomic E-state index is 12.6. The minimum Gasteiger partial charge on any atom is -0.337 e. The van der Waals surface area contributed by atoms with E-state index in [-0.39, 0.29) is 5.91 Å². The van der Waals surface area contributed by atoms with Crippen LogP contribution in [0.4, 0.5) is 0 Å². The van der Waals surface area contributed by atoms with Gasteiger partial charge >= 0.3 is 0 Å². The van der Waals surface area contributed by atoms with E-state index in [9.17, 15) is 4.79 Å². The van der Waals surface area contributed by atoms with Crippen LogP contribution in [0.25, 0.3) is 10.8 Å². The van der Waals surface area contributed by atoms with E-state index in [0.717, 1.165) is 30.3 Å². The molecule has 120 valence electrons. The fourth-order valence-electron chi connectivity index (χ4n) is 3.38. The zero-order valence-electron chi connectivity index (χ0n) is 13.8. The summed E-state index contributed by atoms with van der Waals surface area (Å²) in [6, 6.07) is 18.4. The molecule has 3 nitrogen and oxygen atoms in total. The number of amides is 1. The van der Waals surface area contributed by atoms with Crippen molar-refractivity contribution in [2.45, 2.75) is 13.3 Å². The fraction of sp³-hybridized carbons (Fsp3) is 0.238. The molecule has 0 radical (unpaired) electrons. The van der Waals surface area contributed by atoms with E-state index in [0.29, 0.717) is 11.6 Å². The van der Waals surface area contributed by atoms with Crippen molar-refractivity contribution in [1.82, 2.24) is 9.88 Å². The van der Waals surface area contributed by atoms with E-state index >= 15 is 0 Å². The van der Waals surface area contributed by atoms with E-state index in [2.05, 4.69) is 36.2 Å². The lowest BCUT2D eigenvalue weighted by Crippen LogP contribution is -2.51. The van der Waals surface area contributed by atoms with E-state index in [1.165, 1.54) is 11.1 Å². The molecule has 0 aliphatic carbocycles. The van der Waals surface area contributed by atoms with Gasteiger partial charge in [0.15, 0.2) is 0 Å². The molecule has 0 bridgehead atoms. The van der Waals surface area contributed by atoms with Gasteiger partial charge in [0.2, 0.25) is 0 Å². The van der Waals surface area contributed by atoms with Gasteiger partial charge in [-0.05, 0) is 41.8 Å². The summed E-state index contributed by atoms with van der Waals surface area (Å²) < 4.78 is 0. The Balaban J connectivity index is 1.42. The molecule has 0 N–H and O–H groups in total. The predicted molar refractivity (Wildman–Crippen MR) is 96.0 cm³/mol. The number of pyridine rings is 1. The van der Waals surface area contributed by atoms with Crippen LogP contribution in [0.2, 0.25) is 0 Å². The topological polar surface area (TPSA) is 33.2 Å². The molecule has 1 aliphatic rings. The van der Waals surface area contributed by atoms with E-state index in [1.54, 1.807) is 6.20 Å². The van der Waals surface area contributed by atoms with Crippen molar-refractivity contribution in [2.75, 3.05) is 13.1 Å². The maximum absolute atomic E-state index is 12.6. The third-order valence-corrected chi connectivity index (χ3v) is 4.86. The lowest BCUT2D eigenvalue weighted by Gasteiger charge is -2.39. The Morgan fingerprint density at radius 3 is 2.58 bits per heavy atom. The van der Waals surface area contributed by atoms with Gasteiger partial charge in [-0.2, -0.15) is 0 Å². The van der Waals surface area contributed by atoms with Crippen LogP contribution < -0.4 is 0 Å². The zero-order valence-corrected chi connectivity index (χ0v) is 13.8. The van der Waals surface area contributed by atoms with Crippen LogP contribution in [0.15, 0.2) is 60.8 Å². The molecule has 0 unspecified atom stereocenters. The van der Waals surface area contributed by atoms with Crippen LogP contribution in [0.1, 0.15) is 21.6 Å². The average molecular weight is 316 g/mol. The number of rotatable bonds is 3. The number of benzene rings is 2. The van der Waals surface area contributed by atoms with E-state index in [1.807, 2.05) is 35.2 Å². The standard InChI is InChI=1S/C21H20N2O/c1-15-6-2-3-7-17(15)10-16-13-23(14-16)21(24)20-11-18-8-4-5-9-19(18)12-22-20/h2-9,11-12,16H,10,13-14H2,1H3. The molecule has 24 heavy (non-hydrogen) atoms. The van der Waals surface area contributed by atoms with Crippen molar-refractivity contribution >= 4 is 16.7 Å². The van der Waals surface area contributed by atoms with Crippen LogP contribution in [0, 0.1) is 12.8 Å². The normalized spacial score (nSPS) is 14.6. The Hall–Kier alpha value is -2.68. The van der Waals surface area contributed by atoms with Crippen molar-refractivity contribution in [3.05, 3.63) is 77.6 Å². The highest BCUT2D eigenvalue weighted by Crippen LogP contribution is 2.24. The molecule has 1 fully saturated rings. The van der Waals surface area contributed by atoms with Crippen molar-refractivity contribution in [2.24, 2.45) is 5.92 Å². The van der Waals surface area contributed by atoms with Gasteiger partial charge in [0, 0.05) is 24.7 Å². The average Bonchev–Trinajstić information content (AvgIpc) is 2.58. The predicted octanol–water partition coefficient (Wildman–Crippen LogP) is 3.86. The Morgan fingerprint density at radius 2 is 1.79 bits per heavy atom. The second-order valence-corrected chi connectivity index (χ2v) is 6.62. The van der Waals surface area contributed by atoms with Gasteiger partial charge < -0.3 is 4.90 Å². The minimum absolute atomic E-state index is 0.0433. The van der Waals surface area contributed by atoms with Crippen molar-refractivity contribution in [3.8, 4) is 0 Å². The van der Waals surface area contributed by atoms with Gasteiger partial charge in [-0.15, -0.1) is 0 Å². The fourth-order valence-corrected chi connectivity index (χ4v) is 3.38. The molecule has 3 aromatic rings. The monoisotopic (exact) mass is 316 g/mol. The van der Waals surface area contributed by atoms with Gasteiger partial charge in [0.25, 0.3) is 5.91 Å². The van der Waals surface area contributed by atoms with Gasteiger partial charge in [0.1, 0.15) is 5.69 Å². The molecule has 1 saturated heterocycles. The minimum atomic E-state index is 0.0433. The largest absolute Gasteiger partial charge is 0.337 e. The lowest BCUT2D eigenvalue weighted by molar-refractivity contribution is 0.0495. The van der Waals surface area contributed by atoms with Crippen molar-refractivity contribution in [1.29, 1.82) is 0 Å². The number of fused-ring (bicyclic) bond motifs is 1. The second kappa shape index (κ2) is 6.08. The first-order valence-electron chi connectivity index (χ1n) is 8.39. The summed E-state index contributed by atoms with van der Waals surface area (Å²) >= 11 is 0. The number of aryl methyl sites for hydroxylation is 1. The molecular weight excluding hydrogens is 296 g/mol. The van der Waals surface area contributed by atoms with Crippen LogP contribution in [0.5, 0.6) is 0 Å². The summed E-state index contributed by atoms with van der Waals surface area (Å²) in [7, 11) is 0. The Bertz CT molecular complexity index is 897. The first-order valence-corrected chi connectivity index (χ1v) is 8.39. The Morgan fingerprint density at radius 1 is 1.08 bits per heavy atom. The number of nitrogens with zero attached hydrogens (tertiary/aromatic N) is 2. The first kappa shape index (κ1) is 14.9. The van der Waals surface area contributed by atoms with Crippen LogP contribution in [-0.2, 0) is 6.42 Å². The highest BCUT2D eigenvalue weighted by molar-refractivity contribution is 5.96. The summed E-state index contributed by atoms with van der Waals surface area (Å²) in [5.74, 6) is 0.595. The maximum Gasteiger partial charge on any atom is 0.272 e. The Labute approximate surface area is 141 Å². The van der Waals surface area contributed by atoms with Crippen molar-refractivity contribution < 1.29 is 4.79 Å². The highest BCUT2D eigenvalue weighted by atomic mass is 16.2. The highest BCUT2D eigenvalue weighted by Gasteiger charge is 2.31. The number of hydrogen-bond donors (Lipinski definition) is 0. The number of hydrogen-bond acceptors (Lipinski definition) is 2. The van der Waals surface area contributed by atoms with Crippen LogP contribution >= 0.6 is 0 Å². The smallest absolute Gasteiger partial charge is 0.272 e. The Kier molecular flexibility index (Phi) is 3.77. The molecule has 4 rings (SSSR count). The zero-order chi connectivity index (χ0) is 16.5. The molecule has 0 saturated carbocycles. The SMILES string of the molecule is Cc1ccccc1CC1CN(C(=O)c2cc3ccccc3cn2)C1. The number of aromatic nitrogens is 1.